The predicted octanol–water partition coefficient (Wildman–Crippen LogP) is 1.02. The van der Waals surface area contributed by atoms with Crippen LogP contribution in [0.15, 0.2) is 0 Å². The van der Waals surface area contributed by atoms with Crippen LogP contribution < -0.4 is 5.32 Å². The fourth-order valence-electron chi connectivity index (χ4n) is 1.39. The van der Waals surface area contributed by atoms with Gasteiger partial charge in [0, 0.05) is 12.6 Å². The molecule has 0 aromatic heterocycles. The SMILES string of the molecule is CCCCOCCOCC(NC1CC1)C(=O)O. The smallest absolute Gasteiger partial charge is 0.323 e. The fourth-order valence-corrected chi connectivity index (χ4v) is 1.39. The molecule has 0 aliphatic heterocycles. The van der Waals surface area contributed by atoms with E-state index in [1.165, 1.54) is 0 Å². The fraction of sp³-hybridized carbons (Fsp3) is 0.917. The third-order valence-electron chi connectivity index (χ3n) is 2.61. The van der Waals surface area contributed by atoms with Gasteiger partial charge in [0.15, 0.2) is 0 Å². The lowest BCUT2D eigenvalue weighted by Gasteiger charge is -2.14. The number of hydrogen-bond acceptors (Lipinski definition) is 4. The molecule has 1 rings (SSSR count). The Labute approximate surface area is 102 Å². The number of ether oxygens (including phenoxy) is 2. The Bertz CT molecular complexity index is 219. The summed E-state index contributed by atoms with van der Waals surface area (Å²) in [5.74, 6) is -0.844. The van der Waals surface area contributed by atoms with E-state index in [1.807, 2.05) is 0 Å². The quantitative estimate of drug-likeness (QED) is 0.532. The van der Waals surface area contributed by atoms with Gasteiger partial charge in [0.1, 0.15) is 6.04 Å². The van der Waals surface area contributed by atoms with Gasteiger partial charge in [0.05, 0.1) is 19.8 Å². The van der Waals surface area contributed by atoms with E-state index in [0.29, 0.717) is 19.3 Å². The summed E-state index contributed by atoms with van der Waals surface area (Å²) >= 11 is 0. The molecule has 5 nitrogen and oxygen atoms in total. The third-order valence-corrected chi connectivity index (χ3v) is 2.61. The van der Waals surface area contributed by atoms with Gasteiger partial charge < -0.3 is 14.6 Å². The summed E-state index contributed by atoms with van der Waals surface area (Å²) in [7, 11) is 0. The molecule has 2 N–H and O–H groups in total. The van der Waals surface area contributed by atoms with E-state index < -0.39 is 12.0 Å². The maximum atomic E-state index is 10.9. The van der Waals surface area contributed by atoms with Crippen LogP contribution in [0.4, 0.5) is 0 Å². The summed E-state index contributed by atoms with van der Waals surface area (Å²) in [6.45, 7) is 4.07. The summed E-state index contributed by atoms with van der Waals surface area (Å²) in [4.78, 5) is 10.9. The highest BCUT2D eigenvalue weighted by atomic mass is 16.5. The molecule has 5 heteroatoms. The molecule has 1 saturated carbocycles. The lowest BCUT2D eigenvalue weighted by Crippen LogP contribution is -2.42. The molecule has 1 fully saturated rings. The van der Waals surface area contributed by atoms with Crippen molar-refractivity contribution in [1.82, 2.24) is 5.32 Å². The molecule has 0 aromatic rings. The summed E-state index contributed by atoms with van der Waals surface area (Å²) in [5.41, 5.74) is 0. The number of rotatable bonds is 11. The first-order valence-electron chi connectivity index (χ1n) is 6.38. The number of hydrogen-bond donors (Lipinski definition) is 2. The molecule has 1 atom stereocenters. The lowest BCUT2D eigenvalue weighted by molar-refractivity contribution is -0.141. The van der Waals surface area contributed by atoms with Crippen LogP contribution in [-0.4, -0.2) is 49.6 Å². The summed E-state index contributed by atoms with van der Waals surface area (Å²) in [6.07, 6.45) is 4.32. The van der Waals surface area contributed by atoms with Crippen molar-refractivity contribution in [3.05, 3.63) is 0 Å². The number of carboxylic acids is 1. The Kier molecular flexibility index (Phi) is 7.16. The molecule has 0 radical (unpaired) electrons. The Balaban J connectivity index is 1.96. The Hall–Kier alpha value is -0.650. The first-order chi connectivity index (χ1) is 8.24. The molecule has 0 spiro atoms. The minimum Gasteiger partial charge on any atom is -0.480 e. The van der Waals surface area contributed by atoms with Gasteiger partial charge in [-0.3, -0.25) is 10.1 Å². The third kappa shape index (κ3) is 7.31. The minimum atomic E-state index is -0.844. The molecule has 100 valence electrons. The van der Waals surface area contributed by atoms with Crippen molar-refractivity contribution in [3.63, 3.8) is 0 Å². The van der Waals surface area contributed by atoms with E-state index in [9.17, 15) is 4.79 Å². The molecule has 1 aliphatic carbocycles. The van der Waals surface area contributed by atoms with Gasteiger partial charge >= 0.3 is 5.97 Å². The van der Waals surface area contributed by atoms with Gasteiger partial charge in [-0.1, -0.05) is 13.3 Å². The van der Waals surface area contributed by atoms with Crippen LogP contribution in [0.1, 0.15) is 32.6 Å². The Morgan fingerprint density at radius 3 is 2.65 bits per heavy atom. The maximum absolute atomic E-state index is 10.9. The second-order valence-corrected chi connectivity index (χ2v) is 4.37. The molecule has 17 heavy (non-hydrogen) atoms. The molecule has 0 heterocycles. The molecular weight excluding hydrogens is 222 g/mol. The van der Waals surface area contributed by atoms with Crippen LogP contribution in [0.2, 0.25) is 0 Å². The monoisotopic (exact) mass is 245 g/mol. The lowest BCUT2D eigenvalue weighted by atomic mass is 10.3. The van der Waals surface area contributed by atoms with Gasteiger partial charge in [-0.05, 0) is 19.3 Å². The van der Waals surface area contributed by atoms with Crippen molar-refractivity contribution in [2.75, 3.05) is 26.4 Å². The number of nitrogens with one attached hydrogen (secondary N) is 1. The highest BCUT2D eigenvalue weighted by Crippen LogP contribution is 2.19. The van der Waals surface area contributed by atoms with Crippen LogP contribution >= 0.6 is 0 Å². The van der Waals surface area contributed by atoms with Gasteiger partial charge in [0.2, 0.25) is 0 Å². The van der Waals surface area contributed by atoms with Crippen molar-refractivity contribution in [2.24, 2.45) is 0 Å². The zero-order valence-corrected chi connectivity index (χ0v) is 10.5. The second kappa shape index (κ2) is 8.44. The largest absolute Gasteiger partial charge is 0.480 e. The summed E-state index contributed by atoms with van der Waals surface area (Å²) in [5, 5.41) is 12.0. The normalized spacial score (nSPS) is 17.0. The van der Waals surface area contributed by atoms with Crippen LogP contribution in [0, 0.1) is 0 Å². The molecule has 1 unspecified atom stereocenters. The summed E-state index contributed by atoms with van der Waals surface area (Å²) < 4.78 is 10.6. The Morgan fingerprint density at radius 2 is 2.06 bits per heavy atom. The zero-order valence-electron chi connectivity index (χ0n) is 10.5. The maximum Gasteiger partial charge on any atom is 0.323 e. The average Bonchev–Trinajstić information content (AvgIpc) is 3.10. The minimum absolute atomic E-state index is 0.211. The van der Waals surface area contributed by atoms with Crippen LogP contribution in [-0.2, 0) is 14.3 Å². The topological polar surface area (TPSA) is 67.8 Å². The van der Waals surface area contributed by atoms with Crippen molar-refractivity contribution in [1.29, 1.82) is 0 Å². The highest BCUT2D eigenvalue weighted by Gasteiger charge is 2.28. The van der Waals surface area contributed by atoms with Crippen molar-refractivity contribution >= 4 is 5.97 Å². The number of aliphatic carboxylic acids is 1. The van der Waals surface area contributed by atoms with Gasteiger partial charge in [-0.2, -0.15) is 0 Å². The Morgan fingerprint density at radius 1 is 1.35 bits per heavy atom. The molecule has 0 saturated heterocycles. The van der Waals surface area contributed by atoms with E-state index in [4.69, 9.17) is 14.6 Å². The molecule has 0 amide bonds. The van der Waals surface area contributed by atoms with E-state index in [-0.39, 0.29) is 6.61 Å². The van der Waals surface area contributed by atoms with E-state index >= 15 is 0 Å². The molecule has 0 bridgehead atoms. The van der Waals surface area contributed by atoms with Crippen molar-refractivity contribution in [3.8, 4) is 0 Å². The first-order valence-corrected chi connectivity index (χ1v) is 6.38. The van der Waals surface area contributed by atoms with Crippen LogP contribution in [0.25, 0.3) is 0 Å². The molecule has 0 aromatic carbocycles. The highest BCUT2D eigenvalue weighted by molar-refractivity contribution is 5.73. The van der Waals surface area contributed by atoms with Crippen molar-refractivity contribution in [2.45, 2.75) is 44.7 Å². The van der Waals surface area contributed by atoms with Gasteiger partial charge in [0.25, 0.3) is 0 Å². The number of carbonyl (C=O) groups is 1. The average molecular weight is 245 g/mol. The molecular formula is C12H23NO4. The predicted molar refractivity (Wildman–Crippen MR) is 64.1 cm³/mol. The van der Waals surface area contributed by atoms with Crippen LogP contribution in [0.5, 0.6) is 0 Å². The van der Waals surface area contributed by atoms with E-state index in [0.717, 1.165) is 32.3 Å². The van der Waals surface area contributed by atoms with Gasteiger partial charge in [-0.15, -0.1) is 0 Å². The molecule has 1 aliphatic rings. The second-order valence-electron chi connectivity index (χ2n) is 4.37. The zero-order chi connectivity index (χ0) is 12.5. The first kappa shape index (κ1) is 14.4. The standard InChI is InChI=1S/C12H23NO4/c1-2-3-6-16-7-8-17-9-11(12(14)15)13-10-4-5-10/h10-11,13H,2-9H2,1H3,(H,14,15). The van der Waals surface area contributed by atoms with Gasteiger partial charge in [-0.25, -0.2) is 0 Å². The van der Waals surface area contributed by atoms with Crippen LogP contribution in [0.3, 0.4) is 0 Å². The summed E-state index contributed by atoms with van der Waals surface area (Å²) in [6, 6.07) is -0.210. The number of unbranched alkanes of at least 4 members (excludes halogenated alkanes) is 1. The van der Waals surface area contributed by atoms with E-state index in [2.05, 4.69) is 12.2 Å². The number of carboxylic acid groups (broad SMARTS) is 1. The van der Waals surface area contributed by atoms with E-state index in [1.54, 1.807) is 0 Å². The van der Waals surface area contributed by atoms with Crippen molar-refractivity contribution < 1.29 is 19.4 Å².